The SMILES string of the molecule is CC(=O)c1cccc(NC(=O)N/C=C/C2CC2)c1. The Kier molecular flexibility index (Phi) is 3.77. The first-order valence-corrected chi connectivity index (χ1v) is 6.00. The second-order valence-corrected chi connectivity index (χ2v) is 4.43. The molecule has 2 amide bonds. The first-order chi connectivity index (χ1) is 8.65. The summed E-state index contributed by atoms with van der Waals surface area (Å²) in [6.07, 6.45) is 6.08. The third-order valence-corrected chi connectivity index (χ3v) is 2.73. The number of carbonyl (C=O) groups is 2. The molecule has 4 heteroatoms. The average Bonchev–Trinajstić information content (AvgIpc) is 3.13. The molecule has 0 heterocycles. The Balaban J connectivity index is 1.89. The molecule has 18 heavy (non-hydrogen) atoms. The Hall–Kier alpha value is -2.10. The molecule has 1 aliphatic carbocycles. The summed E-state index contributed by atoms with van der Waals surface area (Å²) in [6, 6.07) is 6.57. The van der Waals surface area contributed by atoms with Crippen LogP contribution in [0.2, 0.25) is 0 Å². The number of benzene rings is 1. The standard InChI is InChI=1S/C14H16N2O2/c1-10(17)12-3-2-4-13(9-12)16-14(18)15-8-7-11-5-6-11/h2-4,7-9,11H,5-6H2,1H3,(H2,15,16,18)/b8-7+. The maximum atomic E-state index is 11.5. The van der Waals surface area contributed by atoms with Crippen molar-refractivity contribution in [1.29, 1.82) is 0 Å². The van der Waals surface area contributed by atoms with E-state index in [1.54, 1.807) is 30.5 Å². The van der Waals surface area contributed by atoms with Crippen LogP contribution in [0.1, 0.15) is 30.1 Å². The fraction of sp³-hybridized carbons (Fsp3) is 0.286. The summed E-state index contributed by atoms with van der Waals surface area (Å²) in [5.74, 6) is 0.610. The van der Waals surface area contributed by atoms with Crippen molar-refractivity contribution in [1.82, 2.24) is 5.32 Å². The van der Waals surface area contributed by atoms with Gasteiger partial charge in [-0.05, 0) is 37.8 Å². The summed E-state index contributed by atoms with van der Waals surface area (Å²) in [7, 11) is 0. The van der Waals surface area contributed by atoms with Crippen molar-refractivity contribution in [2.45, 2.75) is 19.8 Å². The van der Waals surface area contributed by atoms with Crippen LogP contribution in [0, 0.1) is 5.92 Å². The van der Waals surface area contributed by atoms with Gasteiger partial charge < -0.3 is 10.6 Å². The summed E-state index contributed by atoms with van der Waals surface area (Å²) in [5.41, 5.74) is 1.20. The average molecular weight is 244 g/mol. The van der Waals surface area contributed by atoms with Gasteiger partial charge in [-0.2, -0.15) is 0 Å². The number of carbonyl (C=O) groups excluding carboxylic acids is 2. The monoisotopic (exact) mass is 244 g/mol. The van der Waals surface area contributed by atoms with Gasteiger partial charge in [0.2, 0.25) is 0 Å². The molecule has 0 bridgehead atoms. The summed E-state index contributed by atoms with van der Waals surface area (Å²) in [6.45, 7) is 1.50. The highest BCUT2D eigenvalue weighted by atomic mass is 16.2. The molecule has 0 aliphatic heterocycles. The summed E-state index contributed by atoms with van der Waals surface area (Å²) >= 11 is 0. The highest BCUT2D eigenvalue weighted by Gasteiger charge is 2.17. The number of amides is 2. The maximum Gasteiger partial charge on any atom is 0.323 e. The maximum absolute atomic E-state index is 11.5. The number of urea groups is 1. The number of nitrogens with one attached hydrogen (secondary N) is 2. The number of allylic oxidation sites excluding steroid dienone is 1. The van der Waals surface area contributed by atoms with E-state index in [0.29, 0.717) is 17.2 Å². The highest BCUT2D eigenvalue weighted by Crippen LogP contribution is 2.29. The van der Waals surface area contributed by atoms with E-state index in [4.69, 9.17) is 0 Å². The van der Waals surface area contributed by atoms with Gasteiger partial charge in [0.25, 0.3) is 0 Å². The van der Waals surface area contributed by atoms with Crippen molar-refractivity contribution in [3.8, 4) is 0 Å². The molecule has 1 aromatic rings. The van der Waals surface area contributed by atoms with E-state index in [0.717, 1.165) is 0 Å². The molecule has 4 nitrogen and oxygen atoms in total. The lowest BCUT2D eigenvalue weighted by atomic mass is 10.1. The van der Waals surface area contributed by atoms with Gasteiger partial charge in [0, 0.05) is 17.5 Å². The minimum Gasteiger partial charge on any atom is -0.315 e. The Morgan fingerprint density at radius 2 is 2.11 bits per heavy atom. The summed E-state index contributed by atoms with van der Waals surface area (Å²) in [5, 5.41) is 5.31. The van der Waals surface area contributed by atoms with Crippen LogP contribution >= 0.6 is 0 Å². The molecule has 2 rings (SSSR count). The number of hydrogen-bond acceptors (Lipinski definition) is 2. The minimum atomic E-state index is -0.299. The molecular weight excluding hydrogens is 228 g/mol. The largest absolute Gasteiger partial charge is 0.323 e. The fourth-order valence-electron chi connectivity index (χ4n) is 1.53. The predicted octanol–water partition coefficient (Wildman–Crippen LogP) is 2.93. The van der Waals surface area contributed by atoms with Crippen molar-refractivity contribution in [3.63, 3.8) is 0 Å². The van der Waals surface area contributed by atoms with Crippen LogP contribution in [0.15, 0.2) is 36.5 Å². The Bertz CT molecular complexity index is 490. The number of anilines is 1. The lowest BCUT2D eigenvalue weighted by molar-refractivity contribution is 0.101. The molecule has 2 N–H and O–H groups in total. The van der Waals surface area contributed by atoms with Crippen LogP contribution in [0.25, 0.3) is 0 Å². The molecule has 1 saturated carbocycles. The summed E-state index contributed by atoms with van der Waals surface area (Å²) < 4.78 is 0. The van der Waals surface area contributed by atoms with Gasteiger partial charge in [0.1, 0.15) is 0 Å². The predicted molar refractivity (Wildman–Crippen MR) is 70.5 cm³/mol. The number of hydrogen-bond donors (Lipinski definition) is 2. The van der Waals surface area contributed by atoms with Gasteiger partial charge >= 0.3 is 6.03 Å². The highest BCUT2D eigenvalue weighted by molar-refractivity contribution is 5.96. The molecule has 0 saturated heterocycles. The van der Waals surface area contributed by atoms with E-state index in [1.807, 2.05) is 6.08 Å². The van der Waals surface area contributed by atoms with Gasteiger partial charge in [0.15, 0.2) is 5.78 Å². The van der Waals surface area contributed by atoms with E-state index >= 15 is 0 Å². The lowest BCUT2D eigenvalue weighted by Gasteiger charge is -2.05. The second kappa shape index (κ2) is 5.49. The van der Waals surface area contributed by atoms with Gasteiger partial charge in [-0.1, -0.05) is 18.2 Å². The molecule has 1 aromatic carbocycles. The van der Waals surface area contributed by atoms with E-state index in [9.17, 15) is 9.59 Å². The van der Waals surface area contributed by atoms with E-state index < -0.39 is 0 Å². The van der Waals surface area contributed by atoms with E-state index in [-0.39, 0.29) is 11.8 Å². The fourth-order valence-corrected chi connectivity index (χ4v) is 1.53. The zero-order chi connectivity index (χ0) is 13.0. The van der Waals surface area contributed by atoms with Gasteiger partial charge in [0.05, 0.1) is 0 Å². The zero-order valence-electron chi connectivity index (χ0n) is 10.3. The van der Waals surface area contributed by atoms with Gasteiger partial charge in [-0.25, -0.2) is 4.79 Å². The summed E-state index contributed by atoms with van der Waals surface area (Å²) in [4.78, 5) is 22.7. The molecular formula is C14H16N2O2. The van der Waals surface area contributed by atoms with Crippen molar-refractivity contribution in [2.24, 2.45) is 5.92 Å². The van der Waals surface area contributed by atoms with Crippen LogP contribution in [-0.2, 0) is 0 Å². The lowest BCUT2D eigenvalue weighted by Crippen LogP contribution is -2.23. The van der Waals surface area contributed by atoms with Gasteiger partial charge in [-0.3, -0.25) is 4.79 Å². The van der Waals surface area contributed by atoms with Crippen LogP contribution in [0.5, 0.6) is 0 Å². The first kappa shape index (κ1) is 12.4. The molecule has 0 radical (unpaired) electrons. The van der Waals surface area contributed by atoms with Crippen molar-refractivity contribution < 1.29 is 9.59 Å². The molecule has 0 spiro atoms. The topological polar surface area (TPSA) is 58.2 Å². The Morgan fingerprint density at radius 1 is 1.33 bits per heavy atom. The molecule has 1 aliphatic rings. The van der Waals surface area contributed by atoms with Gasteiger partial charge in [-0.15, -0.1) is 0 Å². The second-order valence-electron chi connectivity index (χ2n) is 4.43. The van der Waals surface area contributed by atoms with Crippen molar-refractivity contribution >= 4 is 17.5 Å². The first-order valence-electron chi connectivity index (χ1n) is 6.00. The zero-order valence-corrected chi connectivity index (χ0v) is 10.3. The smallest absolute Gasteiger partial charge is 0.315 e. The molecule has 0 aromatic heterocycles. The molecule has 0 atom stereocenters. The number of ketones is 1. The number of Topliss-reactive ketones (excluding diaryl/α,β-unsaturated/α-hetero) is 1. The molecule has 1 fully saturated rings. The van der Waals surface area contributed by atoms with Crippen LogP contribution < -0.4 is 10.6 Å². The minimum absolute atomic E-state index is 0.0207. The quantitative estimate of drug-likeness (QED) is 0.800. The normalized spacial score (nSPS) is 14.5. The third kappa shape index (κ3) is 3.73. The third-order valence-electron chi connectivity index (χ3n) is 2.73. The van der Waals surface area contributed by atoms with E-state index in [2.05, 4.69) is 10.6 Å². The van der Waals surface area contributed by atoms with Crippen molar-refractivity contribution in [2.75, 3.05) is 5.32 Å². The van der Waals surface area contributed by atoms with Crippen LogP contribution in [0.4, 0.5) is 10.5 Å². The van der Waals surface area contributed by atoms with E-state index in [1.165, 1.54) is 19.8 Å². The Labute approximate surface area is 106 Å². The van der Waals surface area contributed by atoms with Crippen LogP contribution in [0.3, 0.4) is 0 Å². The molecule has 94 valence electrons. The molecule has 0 unspecified atom stereocenters. The van der Waals surface area contributed by atoms with Crippen LogP contribution in [-0.4, -0.2) is 11.8 Å². The Morgan fingerprint density at radius 3 is 2.78 bits per heavy atom. The number of rotatable bonds is 4. The van der Waals surface area contributed by atoms with Crippen molar-refractivity contribution in [3.05, 3.63) is 42.1 Å².